The summed E-state index contributed by atoms with van der Waals surface area (Å²) < 4.78 is 27.0. The number of benzene rings is 1. The highest BCUT2D eigenvalue weighted by Gasteiger charge is 2.33. The molecule has 0 unspecified atom stereocenters. The van der Waals surface area contributed by atoms with Gasteiger partial charge in [0.2, 0.25) is 10.0 Å². The molecule has 1 aromatic rings. The predicted octanol–water partition coefficient (Wildman–Crippen LogP) is 3.24. The number of hydrogen-bond acceptors (Lipinski definition) is 2. The van der Waals surface area contributed by atoms with Gasteiger partial charge in [0.25, 0.3) is 0 Å². The molecule has 0 aliphatic carbocycles. The largest absolute Gasteiger partial charge is 0.242 e. The summed E-state index contributed by atoms with van der Waals surface area (Å²) in [6.45, 7) is 1.82. The minimum absolute atomic E-state index is 0.0275. The molecule has 0 aliphatic heterocycles. The van der Waals surface area contributed by atoms with Crippen molar-refractivity contribution in [3.63, 3.8) is 0 Å². The zero-order valence-corrected chi connectivity index (χ0v) is 12.9. The van der Waals surface area contributed by atoms with Gasteiger partial charge >= 0.3 is 0 Å². The maximum atomic E-state index is 12.2. The van der Waals surface area contributed by atoms with Crippen molar-refractivity contribution in [2.45, 2.75) is 23.8 Å². The lowest BCUT2D eigenvalue weighted by atomic mass is 10.0. The standard InChI is InChI=1S/C11H14Cl3NO2S/c1-2-11(7-12,8-13)15-18(16,17)10-6-4-3-5-9(10)14/h3-6,15H,2,7-8H2,1H3. The molecule has 1 N–H and O–H groups in total. The number of hydrogen-bond donors (Lipinski definition) is 1. The molecule has 0 amide bonds. The van der Waals surface area contributed by atoms with Crippen molar-refractivity contribution in [1.29, 1.82) is 0 Å². The maximum absolute atomic E-state index is 12.2. The second-order valence-corrected chi connectivity index (χ2v) is 6.53. The molecule has 0 aromatic heterocycles. The Morgan fingerprint density at radius 1 is 1.22 bits per heavy atom. The third-order valence-electron chi connectivity index (χ3n) is 2.67. The first-order valence-electron chi connectivity index (χ1n) is 5.31. The highest BCUT2D eigenvalue weighted by atomic mass is 35.5. The van der Waals surface area contributed by atoms with Crippen molar-refractivity contribution in [2.24, 2.45) is 0 Å². The van der Waals surface area contributed by atoms with Crippen LogP contribution < -0.4 is 4.72 Å². The molecule has 3 nitrogen and oxygen atoms in total. The molecular formula is C11H14Cl3NO2S. The average molecular weight is 331 g/mol. The molecule has 0 atom stereocenters. The lowest BCUT2D eigenvalue weighted by Crippen LogP contribution is -2.51. The van der Waals surface area contributed by atoms with Crippen LogP contribution in [0, 0.1) is 0 Å². The summed E-state index contributed by atoms with van der Waals surface area (Å²) in [5.41, 5.74) is -0.860. The summed E-state index contributed by atoms with van der Waals surface area (Å²) in [7, 11) is -3.74. The van der Waals surface area contributed by atoms with Crippen molar-refractivity contribution in [3.8, 4) is 0 Å². The molecule has 0 saturated carbocycles. The summed E-state index contributed by atoms with van der Waals surface area (Å²) in [6, 6.07) is 6.23. The van der Waals surface area contributed by atoms with Gasteiger partial charge in [0.05, 0.1) is 10.6 Å². The molecule has 0 fully saturated rings. The molecule has 0 heterocycles. The summed E-state index contributed by atoms with van der Waals surface area (Å²) in [6.07, 6.45) is 0.490. The van der Waals surface area contributed by atoms with Gasteiger partial charge in [-0.05, 0) is 18.6 Å². The summed E-state index contributed by atoms with van der Waals surface area (Å²) in [4.78, 5) is 0.0275. The van der Waals surface area contributed by atoms with Gasteiger partial charge < -0.3 is 0 Å². The van der Waals surface area contributed by atoms with Crippen molar-refractivity contribution >= 4 is 44.8 Å². The Bertz CT molecular complexity index is 493. The Balaban J connectivity index is 3.13. The van der Waals surface area contributed by atoms with Crippen LogP contribution in [0.3, 0.4) is 0 Å². The first kappa shape index (κ1) is 16.1. The minimum atomic E-state index is -3.74. The summed E-state index contributed by atoms with van der Waals surface area (Å²) >= 11 is 17.5. The lowest BCUT2D eigenvalue weighted by molar-refractivity contribution is 0.449. The molecule has 0 spiro atoms. The molecule has 0 aliphatic rings. The number of nitrogens with one attached hydrogen (secondary N) is 1. The number of rotatable bonds is 6. The fourth-order valence-electron chi connectivity index (χ4n) is 1.35. The van der Waals surface area contributed by atoms with E-state index < -0.39 is 15.6 Å². The Hall–Kier alpha value is -0.000000000000000111. The smallest absolute Gasteiger partial charge is 0.207 e. The molecule has 1 aromatic carbocycles. The summed E-state index contributed by atoms with van der Waals surface area (Å²) in [5.74, 6) is 0.188. The van der Waals surface area contributed by atoms with E-state index in [4.69, 9.17) is 34.8 Å². The topological polar surface area (TPSA) is 46.2 Å². The number of sulfonamides is 1. The highest BCUT2D eigenvalue weighted by molar-refractivity contribution is 7.89. The third-order valence-corrected chi connectivity index (χ3v) is 5.77. The average Bonchev–Trinajstić information content (AvgIpc) is 2.36. The van der Waals surface area contributed by atoms with E-state index in [-0.39, 0.29) is 21.7 Å². The lowest BCUT2D eigenvalue weighted by Gasteiger charge is -2.29. The van der Waals surface area contributed by atoms with Gasteiger partial charge in [-0.25, -0.2) is 13.1 Å². The molecule has 0 saturated heterocycles. The van der Waals surface area contributed by atoms with E-state index in [1.54, 1.807) is 12.1 Å². The Morgan fingerprint density at radius 3 is 2.22 bits per heavy atom. The molecule has 18 heavy (non-hydrogen) atoms. The maximum Gasteiger partial charge on any atom is 0.242 e. The molecule has 0 radical (unpaired) electrons. The monoisotopic (exact) mass is 329 g/mol. The van der Waals surface area contributed by atoms with Gasteiger partial charge in [0, 0.05) is 11.8 Å². The number of alkyl halides is 2. The second kappa shape index (κ2) is 6.44. The van der Waals surface area contributed by atoms with Crippen molar-refractivity contribution in [3.05, 3.63) is 29.3 Å². The second-order valence-electron chi connectivity index (χ2n) is 3.94. The molecule has 7 heteroatoms. The van der Waals surface area contributed by atoms with Gasteiger partial charge in [-0.2, -0.15) is 0 Å². The summed E-state index contributed by atoms with van der Waals surface area (Å²) in [5, 5.41) is 0.166. The van der Waals surface area contributed by atoms with Crippen LogP contribution in [0.2, 0.25) is 5.02 Å². The van der Waals surface area contributed by atoms with Crippen LogP contribution in [0.1, 0.15) is 13.3 Å². The van der Waals surface area contributed by atoms with Crippen molar-refractivity contribution < 1.29 is 8.42 Å². The van der Waals surface area contributed by atoms with E-state index in [9.17, 15) is 8.42 Å². The normalized spacial score (nSPS) is 12.7. The van der Waals surface area contributed by atoms with Crippen LogP contribution in [0.4, 0.5) is 0 Å². The predicted molar refractivity (Wildman–Crippen MR) is 76.2 cm³/mol. The molecule has 102 valence electrons. The Morgan fingerprint density at radius 2 is 1.78 bits per heavy atom. The van der Waals surface area contributed by atoms with Gasteiger partial charge in [-0.3, -0.25) is 0 Å². The fourth-order valence-corrected chi connectivity index (χ4v) is 4.30. The minimum Gasteiger partial charge on any atom is -0.207 e. The van der Waals surface area contributed by atoms with Crippen LogP contribution in [-0.2, 0) is 10.0 Å². The van der Waals surface area contributed by atoms with Gasteiger partial charge in [-0.1, -0.05) is 30.7 Å². The molecular weight excluding hydrogens is 317 g/mol. The van der Waals surface area contributed by atoms with E-state index >= 15 is 0 Å². The van der Waals surface area contributed by atoms with E-state index in [2.05, 4.69) is 4.72 Å². The third kappa shape index (κ3) is 3.52. The van der Waals surface area contributed by atoms with Crippen LogP contribution >= 0.6 is 34.8 Å². The molecule has 1 rings (SSSR count). The first-order valence-corrected chi connectivity index (χ1v) is 8.24. The van der Waals surface area contributed by atoms with Crippen LogP contribution in [0.5, 0.6) is 0 Å². The van der Waals surface area contributed by atoms with E-state index in [1.807, 2.05) is 6.92 Å². The Labute approximate surface area is 122 Å². The highest BCUT2D eigenvalue weighted by Crippen LogP contribution is 2.24. The Kier molecular flexibility index (Phi) is 5.74. The van der Waals surface area contributed by atoms with Crippen LogP contribution in [0.25, 0.3) is 0 Å². The first-order chi connectivity index (χ1) is 8.40. The van der Waals surface area contributed by atoms with Crippen LogP contribution in [-0.4, -0.2) is 25.7 Å². The van der Waals surface area contributed by atoms with Crippen molar-refractivity contribution in [1.82, 2.24) is 4.72 Å². The van der Waals surface area contributed by atoms with E-state index in [1.165, 1.54) is 12.1 Å². The van der Waals surface area contributed by atoms with Crippen molar-refractivity contribution in [2.75, 3.05) is 11.8 Å². The number of halogens is 3. The SMILES string of the molecule is CCC(CCl)(CCl)NS(=O)(=O)c1ccccc1Cl. The quantitative estimate of drug-likeness (QED) is 0.814. The zero-order chi connectivity index (χ0) is 13.8. The zero-order valence-electron chi connectivity index (χ0n) is 9.79. The van der Waals surface area contributed by atoms with Crippen LogP contribution in [0.15, 0.2) is 29.2 Å². The molecule has 0 bridgehead atoms. The van der Waals surface area contributed by atoms with Gasteiger partial charge in [0.15, 0.2) is 0 Å². The van der Waals surface area contributed by atoms with Gasteiger partial charge in [-0.15, -0.1) is 23.2 Å². The van der Waals surface area contributed by atoms with E-state index in [0.717, 1.165) is 0 Å². The van der Waals surface area contributed by atoms with E-state index in [0.29, 0.717) is 6.42 Å². The fraction of sp³-hybridized carbons (Fsp3) is 0.455. The van der Waals surface area contributed by atoms with Gasteiger partial charge in [0.1, 0.15) is 4.90 Å².